The Morgan fingerprint density at radius 1 is 0.923 bits per heavy atom. The van der Waals surface area contributed by atoms with Gasteiger partial charge in [0.05, 0.1) is 5.56 Å². The van der Waals surface area contributed by atoms with E-state index in [4.69, 9.17) is 10.8 Å². The van der Waals surface area contributed by atoms with Gasteiger partial charge >= 0.3 is 5.97 Å². The fraction of sp³-hybridized carbons (Fsp3) is 0.0476. The molecule has 26 heavy (non-hydrogen) atoms. The van der Waals surface area contributed by atoms with Crippen molar-refractivity contribution in [3.05, 3.63) is 72.4 Å². The van der Waals surface area contributed by atoms with Gasteiger partial charge in [0, 0.05) is 17.1 Å². The minimum absolute atomic E-state index is 0.223. The fourth-order valence-electron chi connectivity index (χ4n) is 3.32. The van der Waals surface area contributed by atoms with Crippen molar-refractivity contribution in [2.24, 2.45) is 5.73 Å². The van der Waals surface area contributed by atoms with E-state index in [-0.39, 0.29) is 6.54 Å². The molecule has 0 spiro atoms. The first kappa shape index (κ1) is 15.9. The van der Waals surface area contributed by atoms with Crippen LogP contribution in [0.5, 0.6) is 0 Å². The van der Waals surface area contributed by atoms with Gasteiger partial charge in [0.1, 0.15) is 6.54 Å². The summed E-state index contributed by atoms with van der Waals surface area (Å²) in [6, 6.07) is 19.9. The summed E-state index contributed by atoms with van der Waals surface area (Å²) in [5.74, 6) is -1.55. The molecule has 0 bridgehead atoms. The molecule has 1 amide bonds. The number of carboxylic acid groups (broad SMARTS) is 1. The van der Waals surface area contributed by atoms with Gasteiger partial charge in [-0.05, 0) is 40.1 Å². The Morgan fingerprint density at radius 3 is 2.35 bits per heavy atom. The Balaban J connectivity index is 1.89. The van der Waals surface area contributed by atoms with Crippen molar-refractivity contribution < 1.29 is 14.7 Å². The quantitative estimate of drug-likeness (QED) is 0.592. The highest BCUT2D eigenvalue weighted by molar-refractivity contribution is 6.07. The molecule has 5 heteroatoms. The number of rotatable bonds is 4. The standard InChI is InChI=1S/C21H16N2O3/c22-21(26)18-11-23(12-20(24)25)19-8-7-16(10-17(18)19)15-6-5-13-3-1-2-4-14(13)9-15/h1-11H,12H2,(H2,22,26)(H,24,25). The number of primary amides is 1. The molecule has 0 fully saturated rings. The highest BCUT2D eigenvalue weighted by Gasteiger charge is 2.15. The van der Waals surface area contributed by atoms with Crippen molar-refractivity contribution in [2.75, 3.05) is 0 Å². The van der Waals surface area contributed by atoms with Crippen molar-refractivity contribution in [2.45, 2.75) is 6.54 Å². The lowest BCUT2D eigenvalue weighted by Gasteiger charge is -2.06. The van der Waals surface area contributed by atoms with Crippen LogP contribution in [0.25, 0.3) is 32.8 Å². The Hall–Kier alpha value is -3.60. The Morgan fingerprint density at radius 2 is 1.62 bits per heavy atom. The van der Waals surface area contributed by atoms with E-state index in [9.17, 15) is 9.59 Å². The Bertz CT molecular complexity index is 1170. The number of carbonyl (C=O) groups excluding carboxylic acids is 1. The zero-order chi connectivity index (χ0) is 18.3. The van der Waals surface area contributed by atoms with E-state index in [1.54, 1.807) is 0 Å². The third-order valence-electron chi connectivity index (χ3n) is 4.53. The van der Waals surface area contributed by atoms with Gasteiger partial charge in [-0.1, -0.05) is 42.5 Å². The summed E-state index contributed by atoms with van der Waals surface area (Å²) < 4.78 is 1.53. The van der Waals surface area contributed by atoms with Crippen LogP contribution in [0.2, 0.25) is 0 Å². The van der Waals surface area contributed by atoms with E-state index >= 15 is 0 Å². The van der Waals surface area contributed by atoms with Gasteiger partial charge in [0.25, 0.3) is 5.91 Å². The average molecular weight is 344 g/mol. The summed E-state index contributed by atoms with van der Waals surface area (Å²) in [6.45, 7) is -0.223. The second-order valence-corrected chi connectivity index (χ2v) is 6.22. The number of carboxylic acids is 1. The second kappa shape index (κ2) is 6.04. The van der Waals surface area contributed by atoms with Crippen LogP contribution in [0.4, 0.5) is 0 Å². The molecule has 1 aromatic heterocycles. The maximum atomic E-state index is 11.8. The largest absolute Gasteiger partial charge is 0.480 e. The van der Waals surface area contributed by atoms with E-state index in [0.29, 0.717) is 16.5 Å². The number of benzene rings is 3. The summed E-state index contributed by atoms with van der Waals surface area (Å²) >= 11 is 0. The van der Waals surface area contributed by atoms with Crippen LogP contribution in [-0.4, -0.2) is 21.6 Å². The number of hydrogen-bond donors (Lipinski definition) is 2. The molecule has 5 nitrogen and oxygen atoms in total. The monoisotopic (exact) mass is 344 g/mol. The lowest BCUT2D eigenvalue weighted by molar-refractivity contribution is -0.137. The first-order chi connectivity index (χ1) is 12.5. The number of aliphatic carboxylic acids is 1. The van der Waals surface area contributed by atoms with Gasteiger partial charge in [-0.2, -0.15) is 0 Å². The minimum atomic E-state index is -0.975. The molecule has 0 unspecified atom stereocenters. The molecule has 0 radical (unpaired) electrons. The second-order valence-electron chi connectivity index (χ2n) is 6.22. The van der Waals surface area contributed by atoms with E-state index in [2.05, 4.69) is 24.3 Å². The summed E-state index contributed by atoms with van der Waals surface area (Å²) in [5, 5.41) is 12.0. The van der Waals surface area contributed by atoms with Gasteiger partial charge in [-0.25, -0.2) is 0 Å². The topological polar surface area (TPSA) is 85.3 Å². The molecular weight excluding hydrogens is 328 g/mol. The summed E-state index contributed by atoms with van der Waals surface area (Å²) in [6.07, 6.45) is 1.51. The zero-order valence-corrected chi connectivity index (χ0v) is 13.8. The van der Waals surface area contributed by atoms with Crippen molar-refractivity contribution in [1.82, 2.24) is 4.57 Å². The number of aromatic nitrogens is 1. The zero-order valence-electron chi connectivity index (χ0n) is 13.8. The van der Waals surface area contributed by atoms with Crippen molar-refractivity contribution in [3.8, 4) is 11.1 Å². The highest BCUT2D eigenvalue weighted by Crippen LogP contribution is 2.30. The van der Waals surface area contributed by atoms with Gasteiger partial charge in [0.2, 0.25) is 0 Å². The molecule has 0 atom stereocenters. The molecule has 0 aliphatic heterocycles. The van der Waals surface area contributed by atoms with Crippen LogP contribution in [0.3, 0.4) is 0 Å². The predicted octanol–water partition coefficient (Wildman–Crippen LogP) is 3.65. The average Bonchev–Trinajstić information content (AvgIpc) is 2.99. The first-order valence-electron chi connectivity index (χ1n) is 8.16. The molecular formula is C21H16N2O3. The van der Waals surface area contributed by atoms with Crippen molar-refractivity contribution in [3.63, 3.8) is 0 Å². The van der Waals surface area contributed by atoms with Crippen LogP contribution in [0.1, 0.15) is 10.4 Å². The number of nitrogens with two attached hydrogens (primary N) is 1. The van der Waals surface area contributed by atoms with E-state index in [0.717, 1.165) is 21.9 Å². The smallest absolute Gasteiger partial charge is 0.323 e. The van der Waals surface area contributed by atoms with Crippen LogP contribution in [-0.2, 0) is 11.3 Å². The lowest BCUT2D eigenvalue weighted by Crippen LogP contribution is -2.11. The molecule has 0 aliphatic carbocycles. The molecule has 4 rings (SSSR count). The summed E-state index contributed by atoms with van der Waals surface area (Å²) in [7, 11) is 0. The molecule has 4 aromatic rings. The van der Waals surface area contributed by atoms with Gasteiger partial charge in [0.15, 0.2) is 0 Å². The van der Waals surface area contributed by atoms with Gasteiger partial charge < -0.3 is 15.4 Å². The van der Waals surface area contributed by atoms with Crippen LogP contribution < -0.4 is 5.73 Å². The Labute approximate surface area is 149 Å². The molecule has 0 aliphatic rings. The maximum absolute atomic E-state index is 11.8. The third kappa shape index (κ3) is 2.69. The molecule has 128 valence electrons. The Kier molecular flexibility index (Phi) is 3.69. The van der Waals surface area contributed by atoms with Crippen LogP contribution >= 0.6 is 0 Å². The van der Waals surface area contributed by atoms with Gasteiger partial charge in [-0.15, -0.1) is 0 Å². The van der Waals surface area contributed by atoms with Crippen LogP contribution in [0.15, 0.2) is 66.9 Å². The number of carbonyl (C=O) groups is 2. The van der Waals surface area contributed by atoms with Crippen molar-refractivity contribution >= 4 is 33.6 Å². The van der Waals surface area contributed by atoms with E-state index < -0.39 is 11.9 Å². The number of hydrogen-bond acceptors (Lipinski definition) is 2. The number of fused-ring (bicyclic) bond motifs is 2. The normalized spacial score (nSPS) is 11.1. The molecule has 3 N–H and O–H groups in total. The van der Waals surface area contributed by atoms with Crippen molar-refractivity contribution in [1.29, 1.82) is 0 Å². The SMILES string of the molecule is NC(=O)c1cn(CC(=O)O)c2ccc(-c3ccc4ccccc4c3)cc12. The van der Waals surface area contributed by atoms with E-state index in [1.807, 2.05) is 36.4 Å². The maximum Gasteiger partial charge on any atom is 0.323 e. The molecule has 0 saturated heterocycles. The van der Waals surface area contributed by atoms with E-state index in [1.165, 1.54) is 10.8 Å². The number of nitrogens with zero attached hydrogens (tertiary/aromatic N) is 1. The molecule has 0 saturated carbocycles. The number of amides is 1. The molecule has 3 aromatic carbocycles. The predicted molar refractivity (Wildman–Crippen MR) is 101 cm³/mol. The van der Waals surface area contributed by atoms with Crippen LogP contribution in [0, 0.1) is 0 Å². The lowest BCUT2D eigenvalue weighted by atomic mass is 9.99. The fourth-order valence-corrected chi connectivity index (χ4v) is 3.32. The third-order valence-corrected chi connectivity index (χ3v) is 4.53. The minimum Gasteiger partial charge on any atom is -0.480 e. The first-order valence-corrected chi connectivity index (χ1v) is 8.16. The highest BCUT2D eigenvalue weighted by atomic mass is 16.4. The van der Waals surface area contributed by atoms with Gasteiger partial charge in [-0.3, -0.25) is 9.59 Å². The summed E-state index contributed by atoms with van der Waals surface area (Å²) in [5.41, 5.74) is 8.45. The summed E-state index contributed by atoms with van der Waals surface area (Å²) in [4.78, 5) is 22.9. The molecule has 1 heterocycles.